The lowest BCUT2D eigenvalue weighted by atomic mass is 10.1. The van der Waals surface area contributed by atoms with Crippen molar-refractivity contribution in [1.29, 1.82) is 0 Å². The number of amides is 2. The van der Waals surface area contributed by atoms with Crippen LogP contribution in [0.15, 0.2) is 71.6 Å². The Hall–Kier alpha value is -3.49. The van der Waals surface area contributed by atoms with E-state index in [4.69, 9.17) is 0 Å². The molecule has 174 valence electrons. The molecule has 0 fully saturated rings. The molecule has 0 radical (unpaired) electrons. The standard InChI is InChI=1S/C26H25N3O4S/c1-17-12-20-9-8-18(13-24(20)29(17)26(31)19-6-4-3-5-7-19)16-27-34(32,33)22-10-11-23-21(14-22)15-25(30)28(23)2/h3-11,13-14,17,27H,12,15-16H2,1-2H3/t17-/m1/s1. The molecule has 2 aliphatic heterocycles. The highest BCUT2D eigenvalue weighted by molar-refractivity contribution is 7.89. The van der Waals surface area contributed by atoms with Gasteiger partial charge in [-0.1, -0.05) is 30.3 Å². The van der Waals surface area contributed by atoms with Crippen molar-refractivity contribution in [3.05, 3.63) is 89.0 Å². The Morgan fingerprint density at radius 3 is 2.53 bits per heavy atom. The van der Waals surface area contributed by atoms with Crippen molar-refractivity contribution >= 4 is 33.2 Å². The molecule has 1 N–H and O–H groups in total. The number of carbonyl (C=O) groups excluding carboxylic acids is 2. The van der Waals surface area contributed by atoms with Gasteiger partial charge in [-0.25, -0.2) is 13.1 Å². The van der Waals surface area contributed by atoms with E-state index in [1.54, 1.807) is 36.2 Å². The van der Waals surface area contributed by atoms with Crippen molar-refractivity contribution < 1.29 is 18.0 Å². The smallest absolute Gasteiger partial charge is 0.258 e. The minimum Gasteiger partial charge on any atom is -0.315 e. The topological polar surface area (TPSA) is 86.8 Å². The summed E-state index contributed by atoms with van der Waals surface area (Å²) in [6.45, 7) is 2.10. The first-order valence-electron chi connectivity index (χ1n) is 11.1. The SMILES string of the molecule is C[C@@H]1Cc2ccc(CNS(=O)(=O)c3ccc4c(c3)CC(=O)N4C)cc2N1C(=O)c1ccccc1. The van der Waals surface area contributed by atoms with Gasteiger partial charge in [-0.2, -0.15) is 0 Å². The Balaban J connectivity index is 1.36. The minimum atomic E-state index is -3.77. The van der Waals surface area contributed by atoms with Crippen molar-refractivity contribution in [2.24, 2.45) is 0 Å². The molecular formula is C26H25N3O4S. The highest BCUT2D eigenvalue weighted by Crippen LogP contribution is 2.34. The molecule has 5 rings (SSSR count). The van der Waals surface area contributed by atoms with E-state index in [0.29, 0.717) is 11.1 Å². The number of carbonyl (C=O) groups is 2. The summed E-state index contributed by atoms with van der Waals surface area (Å²) in [4.78, 5) is 28.5. The van der Waals surface area contributed by atoms with Gasteiger partial charge in [0.2, 0.25) is 15.9 Å². The summed E-state index contributed by atoms with van der Waals surface area (Å²) in [5.41, 5.74) is 4.71. The number of benzene rings is 3. The maximum atomic E-state index is 13.2. The zero-order valence-electron chi connectivity index (χ0n) is 19.0. The van der Waals surface area contributed by atoms with Crippen LogP contribution in [0, 0.1) is 0 Å². The molecule has 0 aliphatic carbocycles. The summed E-state index contributed by atoms with van der Waals surface area (Å²) < 4.78 is 28.5. The Morgan fingerprint density at radius 2 is 1.76 bits per heavy atom. The zero-order chi connectivity index (χ0) is 24.0. The third-order valence-electron chi connectivity index (χ3n) is 6.51. The lowest BCUT2D eigenvalue weighted by Gasteiger charge is -2.23. The van der Waals surface area contributed by atoms with Crippen LogP contribution in [0.5, 0.6) is 0 Å². The van der Waals surface area contributed by atoms with Crippen LogP contribution in [0.25, 0.3) is 0 Å². The predicted molar refractivity (Wildman–Crippen MR) is 130 cm³/mol. The van der Waals surface area contributed by atoms with E-state index in [1.807, 2.05) is 43.3 Å². The summed E-state index contributed by atoms with van der Waals surface area (Å²) in [7, 11) is -2.09. The molecule has 2 aliphatic rings. The van der Waals surface area contributed by atoms with Crippen LogP contribution in [0.2, 0.25) is 0 Å². The highest BCUT2D eigenvalue weighted by atomic mass is 32.2. The number of likely N-dealkylation sites (N-methyl/N-ethyl adjacent to an activating group) is 1. The molecule has 3 aromatic carbocycles. The Kier molecular flexibility index (Phi) is 5.50. The molecule has 34 heavy (non-hydrogen) atoms. The Labute approximate surface area is 199 Å². The number of hydrogen-bond acceptors (Lipinski definition) is 4. The summed E-state index contributed by atoms with van der Waals surface area (Å²) >= 11 is 0. The molecule has 7 nitrogen and oxygen atoms in total. The minimum absolute atomic E-state index is 0.0157. The van der Waals surface area contributed by atoms with Gasteiger partial charge in [0.25, 0.3) is 5.91 Å². The monoisotopic (exact) mass is 475 g/mol. The lowest BCUT2D eigenvalue weighted by molar-refractivity contribution is -0.117. The second-order valence-electron chi connectivity index (χ2n) is 8.80. The number of anilines is 2. The van der Waals surface area contributed by atoms with Gasteiger partial charge in [0.1, 0.15) is 0 Å². The van der Waals surface area contributed by atoms with E-state index in [9.17, 15) is 18.0 Å². The molecule has 0 spiro atoms. The second kappa shape index (κ2) is 8.38. The quantitative estimate of drug-likeness (QED) is 0.614. The number of fused-ring (bicyclic) bond motifs is 2. The van der Waals surface area contributed by atoms with Crippen LogP contribution < -0.4 is 14.5 Å². The van der Waals surface area contributed by atoms with Crippen molar-refractivity contribution in [2.75, 3.05) is 16.8 Å². The van der Waals surface area contributed by atoms with Gasteiger partial charge in [-0.15, -0.1) is 0 Å². The maximum Gasteiger partial charge on any atom is 0.258 e. The third-order valence-corrected chi connectivity index (χ3v) is 7.91. The van der Waals surface area contributed by atoms with Gasteiger partial charge in [0, 0.05) is 36.6 Å². The van der Waals surface area contributed by atoms with Gasteiger partial charge in [-0.3, -0.25) is 9.59 Å². The van der Waals surface area contributed by atoms with E-state index < -0.39 is 10.0 Å². The number of nitrogens with one attached hydrogen (secondary N) is 1. The van der Waals surface area contributed by atoms with E-state index in [-0.39, 0.29) is 35.7 Å². The molecule has 0 unspecified atom stereocenters. The van der Waals surface area contributed by atoms with Crippen molar-refractivity contribution in [2.45, 2.75) is 37.2 Å². The first kappa shape index (κ1) is 22.3. The van der Waals surface area contributed by atoms with E-state index in [0.717, 1.165) is 28.9 Å². The average molecular weight is 476 g/mol. The average Bonchev–Trinajstić information content (AvgIpc) is 3.31. The Bertz CT molecular complexity index is 1400. The van der Waals surface area contributed by atoms with Crippen molar-refractivity contribution in [3.63, 3.8) is 0 Å². The molecular weight excluding hydrogens is 450 g/mol. The number of nitrogens with zero attached hydrogens (tertiary/aromatic N) is 2. The predicted octanol–water partition coefficient (Wildman–Crippen LogP) is 3.28. The fraction of sp³-hybridized carbons (Fsp3) is 0.231. The molecule has 1 atom stereocenters. The molecule has 0 saturated carbocycles. The molecule has 8 heteroatoms. The summed E-state index contributed by atoms with van der Waals surface area (Å²) in [5, 5.41) is 0. The van der Waals surface area contributed by atoms with Crippen molar-refractivity contribution in [1.82, 2.24) is 4.72 Å². The molecule has 0 saturated heterocycles. The largest absolute Gasteiger partial charge is 0.315 e. The molecule has 3 aromatic rings. The summed E-state index contributed by atoms with van der Waals surface area (Å²) in [6.07, 6.45) is 0.950. The normalized spacial score (nSPS) is 17.1. The summed E-state index contributed by atoms with van der Waals surface area (Å²) in [6, 6.07) is 19.6. The van der Waals surface area contributed by atoms with Gasteiger partial charge in [-0.05, 0) is 66.4 Å². The molecule has 0 aromatic heterocycles. The summed E-state index contributed by atoms with van der Waals surface area (Å²) in [5.74, 6) is -0.123. The molecule has 0 bridgehead atoms. The van der Waals surface area contributed by atoms with Crippen LogP contribution in [-0.2, 0) is 34.2 Å². The molecule has 2 heterocycles. The van der Waals surface area contributed by atoms with Gasteiger partial charge < -0.3 is 9.80 Å². The third kappa shape index (κ3) is 3.89. The number of hydrogen-bond donors (Lipinski definition) is 1. The van der Waals surface area contributed by atoms with Crippen LogP contribution in [0.3, 0.4) is 0 Å². The van der Waals surface area contributed by atoms with E-state index in [1.165, 1.54) is 11.0 Å². The zero-order valence-corrected chi connectivity index (χ0v) is 19.8. The Morgan fingerprint density at radius 1 is 1.00 bits per heavy atom. The van der Waals surface area contributed by atoms with Crippen LogP contribution >= 0.6 is 0 Å². The lowest BCUT2D eigenvalue weighted by Crippen LogP contribution is -2.35. The van der Waals surface area contributed by atoms with Crippen LogP contribution in [-0.4, -0.2) is 33.3 Å². The number of sulfonamides is 1. The second-order valence-corrected chi connectivity index (χ2v) is 10.6. The van der Waals surface area contributed by atoms with E-state index >= 15 is 0 Å². The van der Waals surface area contributed by atoms with Crippen LogP contribution in [0.4, 0.5) is 11.4 Å². The van der Waals surface area contributed by atoms with Gasteiger partial charge >= 0.3 is 0 Å². The highest BCUT2D eigenvalue weighted by Gasteiger charge is 2.32. The first-order valence-corrected chi connectivity index (χ1v) is 12.6. The fourth-order valence-corrected chi connectivity index (χ4v) is 5.74. The van der Waals surface area contributed by atoms with E-state index in [2.05, 4.69) is 4.72 Å². The van der Waals surface area contributed by atoms with Gasteiger partial charge in [0.05, 0.1) is 11.3 Å². The number of rotatable bonds is 5. The fourth-order valence-electron chi connectivity index (χ4n) is 4.67. The molecule has 2 amide bonds. The van der Waals surface area contributed by atoms with Crippen molar-refractivity contribution in [3.8, 4) is 0 Å². The van der Waals surface area contributed by atoms with Crippen LogP contribution in [0.1, 0.15) is 34.0 Å². The van der Waals surface area contributed by atoms with Gasteiger partial charge in [0.15, 0.2) is 0 Å². The maximum absolute atomic E-state index is 13.2. The first-order chi connectivity index (χ1) is 16.2.